The Morgan fingerprint density at radius 2 is 1.11 bits per heavy atom. The number of rotatable bonds is 4. The van der Waals surface area contributed by atoms with Gasteiger partial charge in [-0.15, -0.1) is 0 Å². The molecule has 0 saturated heterocycles. The maximum Gasteiger partial charge on any atom is 0.534 e. The normalized spacial score (nSPS) is 26.3. The molecule has 0 spiro atoms. The van der Waals surface area contributed by atoms with E-state index in [1.54, 1.807) is 0 Å². The van der Waals surface area contributed by atoms with Gasteiger partial charge in [-0.05, 0) is 65.4 Å². The van der Waals surface area contributed by atoms with Gasteiger partial charge in [-0.2, -0.15) is 43.2 Å². The van der Waals surface area contributed by atoms with E-state index in [1.165, 1.54) is 18.6 Å². The Kier molecular flexibility index (Phi) is 14.4. The number of hydrogen-bond donors (Lipinski definition) is 0. The lowest BCUT2D eigenvalue weighted by atomic mass is 9.72. The lowest BCUT2D eigenvalue weighted by Crippen LogP contribution is -2.28. The molecule has 3 aliphatic rings. The largest absolute Gasteiger partial charge is 0.534 e. The van der Waals surface area contributed by atoms with E-state index < -0.39 is 31.3 Å². The molecule has 3 aliphatic carbocycles. The van der Waals surface area contributed by atoms with E-state index in [2.05, 4.69) is 29.1 Å². The number of alkyl halides is 6. The lowest BCUT2D eigenvalue weighted by Gasteiger charge is -2.32. The minimum Gasteiger partial charge on any atom is -0.381 e. The summed E-state index contributed by atoms with van der Waals surface area (Å²) in [6, 6.07) is 0. The van der Waals surface area contributed by atoms with Crippen molar-refractivity contribution >= 4 is 26.0 Å². The number of Topliss-reactive ketones (excluding diaryl/α,β-unsaturated/α-hetero) is 1. The zero-order valence-electron chi connectivity index (χ0n) is 26.8. The fourth-order valence-electron chi connectivity index (χ4n) is 6.29. The summed E-state index contributed by atoms with van der Waals surface area (Å²) in [6.07, 6.45) is 7.66. The van der Waals surface area contributed by atoms with Gasteiger partial charge in [0.1, 0.15) is 17.3 Å². The molecule has 15 heteroatoms. The minimum atomic E-state index is -5.54. The maximum absolute atomic E-state index is 12.1. The van der Waals surface area contributed by atoms with Crippen LogP contribution < -0.4 is 0 Å². The number of halogens is 6. The third-order valence-corrected chi connectivity index (χ3v) is 9.13. The molecule has 266 valence electrons. The van der Waals surface area contributed by atoms with E-state index in [9.17, 15) is 48.0 Å². The second-order valence-corrected chi connectivity index (χ2v) is 17.7. The predicted molar refractivity (Wildman–Crippen MR) is 161 cm³/mol. The fraction of sp³-hybridized carbons (Fsp3) is 0.833. The minimum absolute atomic E-state index is 0. The molecule has 0 heterocycles. The molecule has 0 aliphatic heterocycles. The third-order valence-electron chi connectivity index (χ3n) is 7.13. The monoisotopic (exact) mass is 700 g/mol. The topological polar surface area (TPSA) is 104 Å². The van der Waals surface area contributed by atoms with Crippen molar-refractivity contribution in [2.75, 3.05) is 0 Å². The summed E-state index contributed by atoms with van der Waals surface area (Å²) in [7, 11) is -11.1. The van der Waals surface area contributed by atoms with E-state index in [1.807, 2.05) is 41.5 Å². The summed E-state index contributed by atoms with van der Waals surface area (Å²) in [5, 5.41) is 0. The van der Waals surface area contributed by atoms with Crippen LogP contribution >= 0.6 is 0 Å². The number of carbonyl (C=O) groups excluding carboxylic acids is 1. The summed E-state index contributed by atoms with van der Waals surface area (Å²) < 4.78 is 125. The van der Waals surface area contributed by atoms with Crippen LogP contribution in [0.25, 0.3) is 0 Å². The van der Waals surface area contributed by atoms with E-state index >= 15 is 0 Å². The van der Waals surface area contributed by atoms with E-state index in [0.29, 0.717) is 11.7 Å². The Balaban J connectivity index is 0.000000660. The summed E-state index contributed by atoms with van der Waals surface area (Å²) in [5.41, 5.74) is -11.1. The van der Waals surface area contributed by atoms with E-state index in [0.717, 1.165) is 25.7 Å². The van der Waals surface area contributed by atoms with Crippen molar-refractivity contribution in [1.82, 2.24) is 0 Å². The number of carbonyl (C=O) groups is 1. The van der Waals surface area contributed by atoms with Crippen LogP contribution in [0.5, 0.6) is 0 Å². The Morgan fingerprint density at radius 3 is 1.49 bits per heavy atom. The van der Waals surface area contributed by atoms with Gasteiger partial charge < -0.3 is 8.37 Å². The van der Waals surface area contributed by atoms with Crippen LogP contribution in [0.1, 0.15) is 115 Å². The molecule has 1 fully saturated rings. The Hall–Kier alpha value is -1.77. The molecule has 7 nitrogen and oxygen atoms in total. The highest BCUT2D eigenvalue weighted by Gasteiger charge is 2.50. The zero-order valence-corrected chi connectivity index (χ0v) is 28.4. The molecule has 3 unspecified atom stereocenters. The van der Waals surface area contributed by atoms with E-state index in [-0.39, 0.29) is 59.9 Å². The molecular formula is C30H50F6O7S2. The van der Waals surface area contributed by atoms with Gasteiger partial charge in [0.15, 0.2) is 0 Å². The predicted octanol–water partition coefficient (Wildman–Crippen LogP) is 9.42. The standard InChI is InChI=1S/2C10H15F3O3S.C9H16O.CH4/c2*1-7-4-8(6-9(2,3)5-7)16-17(14,15)10(11,12)13;1-7-4-8(10)6-9(2,3)5-7;/h6-7H,4-5H2,1-3H3;4,7H,5-6H2,1-3H3;7H,4-6H2,1-3H3;1H4. The molecule has 0 amide bonds. The number of ketones is 1. The zero-order chi connectivity index (χ0) is 34.7. The van der Waals surface area contributed by atoms with Gasteiger partial charge >= 0.3 is 31.3 Å². The van der Waals surface area contributed by atoms with Gasteiger partial charge in [0.05, 0.1) is 0 Å². The molecule has 0 bridgehead atoms. The first kappa shape index (κ1) is 43.2. The number of hydrogen-bond acceptors (Lipinski definition) is 7. The average molecular weight is 701 g/mol. The van der Waals surface area contributed by atoms with Crippen molar-refractivity contribution in [3.8, 4) is 0 Å². The summed E-state index contributed by atoms with van der Waals surface area (Å²) in [4.78, 5) is 11.1. The first-order valence-electron chi connectivity index (χ1n) is 14.3. The molecule has 0 radical (unpaired) electrons. The molecule has 0 aromatic heterocycles. The second-order valence-electron chi connectivity index (χ2n) is 14.6. The first-order valence-corrected chi connectivity index (χ1v) is 17.1. The third kappa shape index (κ3) is 14.7. The summed E-state index contributed by atoms with van der Waals surface area (Å²) in [6.45, 7) is 17.6. The van der Waals surface area contributed by atoms with Gasteiger partial charge in [-0.1, -0.05) is 69.7 Å². The van der Waals surface area contributed by atoms with Crippen molar-refractivity contribution in [2.24, 2.45) is 34.0 Å². The van der Waals surface area contributed by atoms with Crippen LogP contribution in [0.3, 0.4) is 0 Å². The lowest BCUT2D eigenvalue weighted by molar-refractivity contribution is -0.124. The highest BCUT2D eigenvalue weighted by molar-refractivity contribution is 7.88. The molecule has 3 atom stereocenters. The van der Waals surface area contributed by atoms with Gasteiger partial charge in [-0.25, -0.2) is 0 Å². The highest BCUT2D eigenvalue weighted by Crippen LogP contribution is 2.41. The SMILES string of the molecule is C.CC1C=C(OS(=O)(=O)C(F)(F)F)CC(C)(C)C1.CC1CC(=O)CC(C)(C)C1.CC1CC(OS(=O)(=O)C(F)(F)F)=CC(C)(C)C1. The Morgan fingerprint density at radius 1 is 0.689 bits per heavy atom. The fourth-order valence-corrected chi connectivity index (χ4v) is 7.28. The van der Waals surface area contributed by atoms with Crippen LogP contribution in [0.15, 0.2) is 23.7 Å². The second kappa shape index (κ2) is 15.0. The van der Waals surface area contributed by atoms with Crippen molar-refractivity contribution in [1.29, 1.82) is 0 Å². The first-order chi connectivity index (χ1) is 19.4. The quantitative estimate of drug-likeness (QED) is 0.164. The Labute approximate surface area is 265 Å². The van der Waals surface area contributed by atoms with Crippen molar-refractivity contribution in [2.45, 2.75) is 126 Å². The average Bonchev–Trinajstić information content (AvgIpc) is 2.67. The van der Waals surface area contributed by atoms with Gasteiger partial charge in [0, 0.05) is 25.7 Å². The van der Waals surface area contributed by atoms with Crippen molar-refractivity contribution in [3.05, 3.63) is 23.7 Å². The molecule has 45 heavy (non-hydrogen) atoms. The van der Waals surface area contributed by atoms with Crippen LogP contribution in [-0.2, 0) is 33.4 Å². The van der Waals surface area contributed by atoms with E-state index in [4.69, 9.17) is 0 Å². The molecule has 0 aromatic rings. The molecule has 1 saturated carbocycles. The summed E-state index contributed by atoms with van der Waals surface area (Å²) in [5.74, 6) is 0.905. The molecular weight excluding hydrogens is 650 g/mol. The van der Waals surface area contributed by atoms with Gasteiger partial charge in [0.25, 0.3) is 0 Å². The van der Waals surface area contributed by atoms with Crippen LogP contribution in [0.4, 0.5) is 26.3 Å². The smallest absolute Gasteiger partial charge is 0.381 e. The highest BCUT2D eigenvalue weighted by atomic mass is 32.2. The van der Waals surface area contributed by atoms with Gasteiger partial charge in [-0.3, -0.25) is 4.79 Å². The molecule has 0 N–H and O–H groups in total. The van der Waals surface area contributed by atoms with Crippen LogP contribution in [-0.4, -0.2) is 33.6 Å². The van der Waals surface area contributed by atoms with Gasteiger partial charge in [0.2, 0.25) is 0 Å². The number of allylic oxidation sites excluding steroid dienone is 4. The van der Waals surface area contributed by atoms with Crippen molar-refractivity contribution in [3.63, 3.8) is 0 Å². The molecule has 3 rings (SSSR count). The van der Waals surface area contributed by atoms with Crippen LogP contribution in [0.2, 0.25) is 0 Å². The maximum atomic E-state index is 12.1. The molecule has 0 aromatic carbocycles. The van der Waals surface area contributed by atoms with Crippen molar-refractivity contribution < 1.29 is 56.3 Å². The summed E-state index contributed by atoms with van der Waals surface area (Å²) >= 11 is 0. The Bertz CT molecular complexity index is 1290. The van der Waals surface area contributed by atoms with Crippen LogP contribution in [0, 0.1) is 34.0 Å².